The second-order valence-corrected chi connectivity index (χ2v) is 8.13. The Morgan fingerprint density at radius 2 is 1.83 bits per heavy atom. The molecule has 0 N–H and O–H groups in total. The van der Waals surface area contributed by atoms with E-state index in [0.29, 0.717) is 5.92 Å². The highest BCUT2D eigenvalue weighted by Gasteiger charge is 2.20. The largest absolute Gasteiger partial charge is 0.303 e. The van der Waals surface area contributed by atoms with E-state index in [1.54, 1.807) is 24.3 Å². The maximum atomic E-state index is 12.1. The van der Waals surface area contributed by atoms with Crippen LogP contribution in [-0.2, 0) is 14.3 Å². The maximum Gasteiger partial charge on any atom is 0.296 e. The summed E-state index contributed by atoms with van der Waals surface area (Å²) in [7, 11) is -3.61. The second kappa shape index (κ2) is 8.81. The van der Waals surface area contributed by atoms with Crippen LogP contribution in [0, 0.1) is 12.8 Å². The predicted octanol–water partition coefficient (Wildman–Crippen LogP) is 3.60. The number of hydrogen-bond donors (Lipinski definition) is 0. The SMILES string of the molecule is CCCCN1CCC(CCOS(=O)(=O)c2ccc(C)cc2)CC1. The van der Waals surface area contributed by atoms with Gasteiger partial charge in [-0.1, -0.05) is 31.0 Å². The minimum Gasteiger partial charge on any atom is -0.303 e. The van der Waals surface area contributed by atoms with Crippen LogP contribution in [0.1, 0.15) is 44.6 Å². The molecule has 0 spiro atoms. The highest BCUT2D eigenvalue weighted by molar-refractivity contribution is 7.86. The lowest BCUT2D eigenvalue weighted by Crippen LogP contribution is -2.34. The van der Waals surface area contributed by atoms with Crippen molar-refractivity contribution in [2.45, 2.75) is 50.8 Å². The number of benzene rings is 1. The molecular formula is C18H29NO3S. The first kappa shape index (κ1) is 18.4. The van der Waals surface area contributed by atoms with E-state index in [-0.39, 0.29) is 11.5 Å². The molecule has 5 heteroatoms. The van der Waals surface area contributed by atoms with Crippen LogP contribution in [0.4, 0.5) is 0 Å². The molecule has 0 saturated carbocycles. The lowest BCUT2D eigenvalue weighted by Gasteiger charge is -2.31. The number of rotatable bonds is 8. The molecule has 1 fully saturated rings. The van der Waals surface area contributed by atoms with E-state index in [1.807, 2.05) is 6.92 Å². The van der Waals surface area contributed by atoms with Gasteiger partial charge in [-0.15, -0.1) is 0 Å². The maximum absolute atomic E-state index is 12.1. The number of unbranched alkanes of at least 4 members (excludes halogenated alkanes) is 1. The van der Waals surface area contributed by atoms with Gasteiger partial charge in [-0.3, -0.25) is 4.18 Å². The third-order valence-electron chi connectivity index (χ3n) is 4.61. The van der Waals surface area contributed by atoms with Gasteiger partial charge in [0.05, 0.1) is 11.5 Å². The molecule has 0 aromatic heterocycles. The van der Waals surface area contributed by atoms with E-state index < -0.39 is 10.1 Å². The zero-order valence-electron chi connectivity index (χ0n) is 14.3. The summed E-state index contributed by atoms with van der Waals surface area (Å²) in [5, 5.41) is 0. The summed E-state index contributed by atoms with van der Waals surface area (Å²) in [4.78, 5) is 2.77. The third kappa shape index (κ3) is 5.90. The van der Waals surface area contributed by atoms with Crippen molar-refractivity contribution in [3.63, 3.8) is 0 Å². The van der Waals surface area contributed by atoms with E-state index in [4.69, 9.17) is 4.18 Å². The summed E-state index contributed by atoms with van der Waals surface area (Å²) in [5.41, 5.74) is 1.04. The van der Waals surface area contributed by atoms with Crippen LogP contribution in [0.5, 0.6) is 0 Å². The topological polar surface area (TPSA) is 46.6 Å². The smallest absolute Gasteiger partial charge is 0.296 e. The van der Waals surface area contributed by atoms with Gasteiger partial charge in [0.25, 0.3) is 10.1 Å². The molecule has 1 aromatic carbocycles. The number of hydrogen-bond acceptors (Lipinski definition) is 4. The summed E-state index contributed by atoms with van der Waals surface area (Å²) >= 11 is 0. The Labute approximate surface area is 141 Å². The first-order valence-electron chi connectivity index (χ1n) is 8.69. The van der Waals surface area contributed by atoms with Crippen LogP contribution in [0.2, 0.25) is 0 Å². The molecule has 1 saturated heterocycles. The van der Waals surface area contributed by atoms with E-state index in [9.17, 15) is 8.42 Å². The van der Waals surface area contributed by atoms with E-state index in [2.05, 4.69) is 11.8 Å². The lowest BCUT2D eigenvalue weighted by molar-refractivity contribution is 0.163. The van der Waals surface area contributed by atoms with E-state index in [0.717, 1.165) is 37.9 Å². The molecule has 0 amide bonds. The third-order valence-corrected chi connectivity index (χ3v) is 5.94. The summed E-state index contributed by atoms with van der Waals surface area (Å²) in [6, 6.07) is 6.80. The van der Waals surface area contributed by atoms with Crippen molar-refractivity contribution in [2.75, 3.05) is 26.2 Å². The Kier molecular flexibility index (Phi) is 7.06. The fourth-order valence-electron chi connectivity index (χ4n) is 2.98. The summed E-state index contributed by atoms with van der Waals surface area (Å²) in [6.45, 7) is 7.91. The number of piperidine rings is 1. The molecule has 130 valence electrons. The summed E-state index contributed by atoms with van der Waals surface area (Å²) < 4.78 is 29.5. The van der Waals surface area contributed by atoms with Gasteiger partial charge in [-0.25, -0.2) is 0 Å². The van der Waals surface area contributed by atoms with E-state index >= 15 is 0 Å². The molecule has 1 aromatic rings. The van der Waals surface area contributed by atoms with Crippen LogP contribution in [-0.4, -0.2) is 39.6 Å². The van der Waals surface area contributed by atoms with Crippen molar-refractivity contribution in [3.8, 4) is 0 Å². The van der Waals surface area contributed by atoms with Gasteiger partial charge >= 0.3 is 0 Å². The molecule has 23 heavy (non-hydrogen) atoms. The van der Waals surface area contributed by atoms with Crippen LogP contribution < -0.4 is 0 Å². The van der Waals surface area contributed by atoms with Crippen molar-refractivity contribution < 1.29 is 12.6 Å². The van der Waals surface area contributed by atoms with Crippen molar-refractivity contribution in [2.24, 2.45) is 5.92 Å². The molecule has 0 atom stereocenters. The summed E-state index contributed by atoms with van der Waals surface area (Å²) in [6.07, 6.45) is 5.63. The van der Waals surface area contributed by atoms with Crippen LogP contribution in [0.25, 0.3) is 0 Å². The van der Waals surface area contributed by atoms with Crippen molar-refractivity contribution in [1.29, 1.82) is 0 Å². The monoisotopic (exact) mass is 339 g/mol. The Morgan fingerprint density at radius 3 is 2.43 bits per heavy atom. The predicted molar refractivity (Wildman–Crippen MR) is 93.0 cm³/mol. The van der Waals surface area contributed by atoms with Crippen LogP contribution in [0.15, 0.2) is 29.2 Å². The minimum atomic E-state index is -3.61. The highest BCUT2D eigenvalue weighted by Crippen LogP contribution is 2.22. The first-order valence-corrected chi connectivity index (χ1v) is 10.1. The Morgan fingerprint density at radius 1 is 1.17 bits per heavy atom. The van der Waals surface area contributed by atoms with Crippen LogP contribution in [0.3, 0.4) is 0 Å². The van der Waals surface area contributed by atoms with Crippen molar-refractivity contribution >= 4 is 10.1 Å². The fourth-order valence-corrected chi connectivity index (χ4v) is 3.90. The van der Waals surface area contributed by atoms with Gasteiger partial charge < -0.3 is 4.90 Å². The number of nitrogens with zero attached hydrogens (tertiary/aromatic N) is 1. The zero-order valence-corrected chi connectivity index (χ0v) is 15.1. The molecule has 0 unspecified atom stereocenters. The minimum absolute atomic E-state index is 0.248. The zero-order chi connectivity index (χ0) is 16.7. The number of aryl methyl sites for hydroxylation is 1. The van der Waals surface area contributed by atoms with Crippen molar-refractivity contribution in [1.82, 2.24) is 4.90 Å². The van der Waals surface area contributed by atoms with Crippen molar-refractivity contribution in [3.05, 3.63) is 29.8 Å². The van der Waals surface area contributed by atoms with Gasteiger partial charge in [0.2, 0.25) is 0 Å². The molecule has 1 aliphatic heterocycles. The van der Waals surface area contributed by atoms with Gasteiger partial charge in [-0.05, 0) is 70.3 Å². The average Bonchev–Trinajstić information content (AvgIpc) is 2.54. The molecule has 2 rings (SSSR count). The molecule has 1 aliphatic rings. The standard InChI is InChI=1S/C18H29NO3S/c1-3-4-12-19-13-9-17(10-14-19)11-15-22-23(20,21)18-7-5-16(2)6-8-18/h5-8,17H,3-4,9-15H2,1-2H3. The van der Waals surface area contributed by atoms with Gasteiger partial charge in [0.1, 0.15) is 0 Å². The Balaban J connectivity index is 1.72. The second-order valence-electron chi connectivity index (χ2n) is 6.52. The quantitative estimate of drug-likeness (QED) is 0.679. The van der Waals surface area contributed by atoms with Crippen LogP contribution >= 0.6 is 0 Å². The fraction of sp³-hybridized carbons (Fsp3) is 0.667. The molecule has 0 radical (unpaired) electrons. The average molecular weight is 340 g/mol. The van der Waals surface area contributed by atoms with E-state index in [1.165, 1.54) is 19.4 Å². The normalized spacial score (nSPS) is 17.5. The molecule has 0 bridgehead atoms. The van der Waals surface area contributed by atoms with Gasteiger partial charge in [0, 0.05) is 0 Å². The van der Waals surface area contributed by atoms with Gasteiger partial charge in [-0.2, -0.15) is 8.42 Å². The molecular weight excluding hydrogens is 310 g/mol. The lowest BCUT2D eigenvalue weighted by atomic mass is 9.94. The Hall–Kier alpha value is -0.910. The highest BCUT2D eigenvalue weighted by atomic mass is 32.2. The first-order chi connectivity index (χ1) is 11.0. The van der Waals surface area contributed by atoms with Gasteiger partial charge in [0.15, 0.2) is 0 Å². The summed E-state index contributed by atoms with van der Waals surface area (Å²) in [5.74, 6) is 0.584. The number of likely N-dealkylation sites (tertiary alicyclic amines) is 1. The molecule has 4 nitrogen and oxygen atoms in total. The molecule has 1 heterocycles. The molecule has 0 aliphatic carbocycles. The Bertz CT molecular complexity index is 560.